The van der Waals surface area contributed by atoms with Crippen LogP contribution in [0.15, 0.2) is 0 Å². The SMILES string of the molecule is CC(C)N1CC(F)(F)C[C@@H]1C(=O)N(C)C. The quantitative estimate of drug-likeness (QED) is 0.698. The van der Waals surface area contributed by atoms with Crippen LogP contribution in [0.4, 0.5) is 8.78 Å². The molecule has 1 atom stereocenters. The molecule has 0 spiro atoms. The standard InChI is InChI=1S/C10H18F2N2O/c1-7(2)14-6-10(11,12)5-8(14)9(15)13(3)4/h7-8H,5-6H2,1-4H3/t8-/m1/s1. The van der Waals surface area contributed by atoms with Crippen molar-refractivity contribution in [3.05, 3.63) is 0 Å². The smallest absolute Gasteiger partial charge is 0.262 e. The van der Waals surface area contributed by atoms with Gasteiger partial charge in [0.15, 0.2) is 0 Å². The van der Waals surface area contributed by atoms with Crippen LogP contribution in [-0.4, -0.2) is 54.4 Å². The average Bonchev–Trinajstić information content (AvgIpc) is 2.40. The Morgan fingerprint density at radius 3 is 2.40 bits per heavy atom. The molecule has 15 heavy (non-hydrogen) atoms. The number of nitrogens with zero attached hydrogens (tertiary/aromatic N) is 2. The summed E-state index contributed by atoms with van der Waals surface area (Å²) >= 11 is 0. The van der Waals surface area contributed by atoms with E-state index in [1.807, 2.05) is 13.8 Å². The summed E-state index contributed by atoms with van der Waals surface area (Å²) < 4.78 is 26.4. The summed E-state index contributed by atoms with van der Waals surface area (Å²) in [4.78, 5) is 14.6. The third-order valence-corrected chi connectivity index (χ3v) is 2.70. The summed E-state index contributed by atoms with van der Waals surface area (Å²) in [5.74, 6) is -2.97. The molecule has 0 aromatic rings. The van der Waals surface area contributed by atoms with Gasteiger partial charge in [0.25, 0.3) is 5.92 Å². The monoisotopic (exact) mass is 220 g/mol. The van der Waals surface area contributed by atoms with E-state index in [4.69, 9.17) is 0 Å². The van der Waals surface area contributed by atoms with Gasteiger partial charge in [0.1, 0.15) is 0 Å². The third-order valence-electron chi connectivity index (χ3n) is 2.70. The largest absolute Gasteiger partial charge is 0.347 e. The van der Waals surface area contributed by atoms with E-state index < -0.39 is 12.0 Å². The Kier molecular flexibility index (Phi) is 3.33. The van der Waals surface area contributed by atoms with Crippen LogP contribution in [0.3, 0.4) is 0 Å². The summed E-state index contributed by atoms with van der Waals surface area (Å²) in [5, 5.41) is 0. The second kappa shape index (κ2) is 4.04. The Morgan fingerprint density at radius 2 is 2.00 bits per heavy atom. The molecule has 0 N–H and O–H groups in total. The van der Waals surface area contributed by atoms with Crippen LogP contribution in [0.25, 0.3) is 0 Å². The molecule has 0 aliphatic carbocycles. The first-order chi connectivity index (χ1) is 6.74. The van der Waals surface area contributed by atoms with Crippen LogP contribution in [0.5, 0.6) is 0 Å². The van der Waals surface area contributed by atoms with E-state index in [9.17, 15) is 13.6 Å². The molecule has 1 rings (SSSR count). The molecule has 0 aromatic carbocycles. The van der Waals surface area contributed by atoms with Crippen molar-refractivity contribution in [2.24, 2.45) is 0 Å². The first kappa shape index (κ1) is 12.4. The summed E-state index contributed by atoms with van der Waals surface area (Å²) in [7, 11) is 3.19. The van der Waals surface area contributed by atoms with Crippen LogP contribution >= 0.6 is 0 Å². The van der Waals surface area contributed by atoms with Crippen molar-refractivity contribution >= 4 is 5.91 Å². The molecule has 1 aliphatic rings. The molecule has 0 radical (unpaired) electrons. The van der Waals surface area contributed by atoms with Gasteiger partial charge in [-0.15, -0.1) is 0 Å². The third kappa shape index (κ3) is 2.65. The maximum absolute atomic E-state index is 13.2. The lowest BCUT2D eigenvalue weighted by Gasteiger charge is -2.28. The molecule has 1 heterocycles. The molecule has 5 heteroatoms. The molecule has 1 saturated heterocycles. The Morgan fingerprint density at radius 1 is 1.47 bits per heavy atom. The second-order valence-corrected chi connectivity index (χ2v) is 4.57. The molecule has 1 aliphatic heterocycles. The van der Waals surface area contributed by atoms with E-state index >= 15 is 0 Å². The van der Waals surface area contributed by atoms with Gasteiger partial charge in [-0.05, 0) is 13.8 Å². The number of carbonyl (C=O) groups excluding carboxylic acids is 1. The number of rotatable bonds is 2. The van der Waals surface area contributed by atoms with Gasteiger partial charge in [-0.25, -0.2) is 8.78 Å². The summed E-state index contributed by atoms with van der Waals surface area (Å²) in [6.07, 6.45) is -0.359. The summed E-state index contributed by atoms with van der Waals surface area (Å²) in [5.41, 5.74) is 0. The molecular formula is C10H18F2N2O. The normalized spacial score (nSPS) is 25.9. The van der Waals surface area contributed by atoms with Crippen LogP contribution in [0.2, 0.25) is 0 Å². The van der Waals surface area contributed by atoms with Crippen LogP contribution < -0.4 is 0 Å². The molecule has 0 aromatic heterocycles. The number of hydrogen-bond acceptors (Lipinski definition) is 2. The number of amides is 1. The number of halogens is 2. The fraction of sp³-hybridized carbons (Fsp3) is 0.900. The highest BCUT2D eigenvalue weighted by atomic mass is 19.3. The molecular weight excluding hydrogens is 202 g/mol. The van der Waals surface area contributed by atoms with Gasteiger partial charge in [0, 0.05) is 26.6 Å². The zero-order chi connectivity index (χ0) is 11.8. The Hall–Kier alpha value is -0.710. The van der Waals surface area contributed by atoms with E-state index in [-0.39, 0.29) is 24.9 Å². The van der Waals surface area contributed by atoms with Crippen molar-refractivity contribution in [3.63, 3.8) is 0 Å². The van der Waals surface area contributed by atoms with Gasteiger partial charge in [0.05, 0.1) is 12.6 Å². The molecule has 0 saturated carbocycles. The minimum Gasteiger partial charge on any atom is -0.347 e. The fourth-order valence-corrected chi connectivity index (χ4v) is 1.91. The van der Waals surface area contributed by atoms with Gasteiger partial charge in [-0.3, -0.25) is 9.69 Å². The number of alkyl halides is 2. The van der Waals surface area contributed by atoms with Crippen molar-refractivity contribution in [1.82, 2.24) is 9.80 Å². The average molecular weight is 220 g/mol. The minimum atomic E-state index is -2.74. The summed E-state index contributed by atoms with van der Waals surface area (Å²) in [6.45, 7) is 3.35. The highest BCUT2D eigenvalue weighted by Gasteiger charge is 2.49. The lowest BCUT2D eigenvalue weighted by molar-refractivity contribution is -0.134. The van der Waals surface area contributed by atoms with Crippen molar-refractivity contribution in [2.45, 2.75) is 38.3 Å². The van der Waals surface area contributed by atoms with Gasteiger partial charge >= 0.3 is 0 Å². The number of hydrogen-bond donors (Lipinski definition) is 0. The van der Waals surface area contributed by atoms with E-state index in [0.717, 1.165) is 0 Å². The zero-order valence-electron chi connectivity index (χ0n) is 9.63. The Bertz CT molecular complexity index is 254. The van der Waals surface area contributed by atoms with E-state index in [0.29, 0.717) is 0 Å². The van der Waals surface area contributed by atoms with Crippen molar-refractivity contribution in [2.75, 3.05) is 20.6 Å². The predicted octanol–water partition coefficient (Wildman–Crippen LogP) is 1.19. The van der Waals surface area contributed by atoms with Crippen LogP contribution in [0.1, 0.15) is 20.3 Å². The molecule has 0 unspecified atom stereocenters. The van der Waals surface area contributed by atoms with Crippen LogP contribution in [-0.2, 0) is 4.79 Å². The second-order valence-electron chi connectivity index (χ2n) is 4.57. The maximum atomic E-state index is 13.2. The molecule has 1 fully saturated rings. The highest BCUT2D eigenvalue weighted by Crippen LogP contribution is 2.33. The van der Waals surface area contributed by atoms with E-state index in [2.05, 4.69) is 0 Å². The van der Waals surface area contributed by atoms with Crippen LogP contribution in [0, 0.1) is 0 Å². The van der Waals surface area contributed by atoms with Gasteiger partial charge in [-0.1, -0.05) is 0 Å². The molecule has 88 valence electrons. The maximum Gasteiger partial charge on any atom is 0.262 e. The highest BCUT2D eigenvalue weighted by molar-refractivity contribution is 5.82. The number of carbonyl (C=O) groups is 1. The lowest BCUT2D eigenvalue weighted by atomic mass is 10.1. The van der Waals surface area contributed by atoms with Gasteiger partial charge in [0.2, 0.25) is 5.91 Å². The molecule has 1 amide bonds. The minimum absolute atomic E-state index is 0.0349. The predicted molar refractivity (Wildman–Crippen MR) is 53.9 cm³/mol. The topological polar surface area (TPSA) is 23.6 Å². The first-order valence-electron chi connectivity index (χ1n) is 5.09. The Balaban J connectivity index is 2.82. The van der Waals surface area contributed by atoms with Crippen molar-refractivity contribution in [1.29, 1.82) is 0 Å². The van der Waals surface area contributed by atoms with Crippen molar-refractivity contribution < 1.29 is 13.6 Å². The fourth-order valence-electron chi connectivity index (χ4n) is 1.91. The van der Waals surface area contributed by atoms with E-state index in [1.54, 1.807) is 19.0 Å². The zero-order valence-corrected chi connectivity index (χ0v) is 9.63. The number of likely N-dealkylation sites (N-methyl/N-ethyl adjacent to an activating group) is 1. The first-order valence-corrected chi connectivity index (χ1v) is 5.09. The molecule has 0 bridgehead atoms. The van der Waals surface area contributed by atoms with Crippen molar-refractivity contribution in [3.8, 4) is 0 Å². The Labute approximate surface area is 89.0 Å². The molecule has 3 nitrogen and oxygen atoms in total. The van der Waals surface area contributed by atoms with Gasteiger partial charge in [-0.2, -0.15) is 0 Å². The number of likely N-dealkylation sites (tertiary alicyclic amines) is 1. The van der Waals surface area contributed by atoms with Gasteiger partial charge < -0.3 is 4.90 Å². The summed E-state index contributed by atoms with van der Waals surface area (Å²) in [6, 6.07) is -0.706. The lowest BCUT2D eigenvalue weighted by Crippen LogP contribution is -2.45. The van der Waals surface area contributed by atoms with E-state index in [1.165, 1.54) is 4.90 Å².